The maximum atomic E-state index is 12.2. The highest BCUT2D eigenvalue weighted by Crippen LogP contribution is 2.28. The highest BCUT2D eigenvalue weighted by Gasteiger charge is 2.32. The van der Waals surface area contributed by atoms with E-state index in [1.54, 1.807) is 0 Å². The zero-order valence-corrected chi connectivity index (χ0v) is 8.83. The Hall–Kier alpha value is -1.08. The average Bonchev–Trinajstić information content (AvgIpc) is 2.62. The van der Waals surface area contributed by atoms with Crippen molar-refractivity contribution in [3.8, 4) is 0 Å². The smallest absolute Gasteiger partial charge is 0.390 e. The van der Waals surface area contributed by atoms with Crippen LogP contribution in [0.1, 0.15) is 12.5 Å². The molecule has 0 amide bonds. The van der Waals surface area contributed by atoms with E-state index in [2.05, 4.69) is 10.4 Å². The van der Waals surface area contributed by atoms with Gasteiger partial charge in [0, 0.05) is 12.7 Å². The molecule has 0 fully saturated rings. The molecular weight excluding hydrogens is 223 g/mol. The van der Waals surface area contributed by atoms with Crippen LogP contribution in [0, 0.1) is 0 Å². The van der Waals surface area contributed by atoms with Crippen LogP contribution in [0.25, 0.3) is 0 Å². The summed E-state index contributed by atoms with van der Waals surface area (Å²) in [5, 5.41) is 15.9. The lowest BCUT2D eigenvalue weighted by molar-refractivity contribution is -0.137. The fourth-order valence-electron chi connectivity index (χ4n) is 1.20. The maximum Gasteiger partial charge on any atom is 0.419 e. The molecule has 92 valence electrons. The van der Waals surface area contributed by atoms with E-state index in [0.29, 0.717) is 13.1 Å². The normalized spacial score (nSPS) is 14.1. The van der Waals surface area contributed by atoms with Crippen molar-refractivity contribution in [2.45, 2.75) is 25.7 Å². The summed E-state index contributed by atoms with van der Waals surface area (Å²) in [6.07, 6.45) is -3.50. The molecule has 1 aromatic rings. The molecule has 0 aliphatic rings. The lowest BCUT2D eigenvalue weighted by atomic mass is 10.3. The van der Waals surface area contributed by atoms with Crippen LogP contribution < -0.4 is 5.32 Å². The molecule has 0 saturated carbocycles. The quantitative estimate of drug-likeness (QED) is 0.799. The minimum Gasteiger partial charge on any atom is -0.390 e. The number of halogens is 3. The topological polar surface area (TPSA) is 50.1 Å². The van der Waals surface area contributed by atoms with Gasteiger partial charge in [-0.1, -0.05) is 6.92 Å². The van der Waals surface area contributed by atoms with Gasteiger partial charge in [0.05, 0.1) is 24.4 Å². The predicted molar refractivity (Wildman–Crippen MR) is 51.8 cm³/mol. The molecule has 1 heterocycles. The second kappa shape index (κ2) is 5.31. The van der Waals surface area contributed by atoms with Crippen molar-refractivity contribution < 1.29 is 18.3 Å². The van der Waals surface area contributed by atoms with Gasteiger partial charge in [0.1, 0.15) is 0 Å². The van der Waals surface area contributed by atoms with Gasteiger partial charge < -0.3 is 10.4 Å². The molecule has 2 N–H and O–H groups in total. The molecule has 0 aliphatic heterocycles. The summed E-state index contributed by atoms with van der Waals surface area (Å²) in [5.41, 5.74) is -0.803. The summed E-state index contributed by atoms with van der Waals surface area (Å²) in [7, 11) is 0. The Morgan fingerprint density at radius 1 is 1.56 bits per heavy atom. The van der Waals surface area contributed by atoms with Crippen LogP contribution in [-0.4, -0.2) is 34.1 Å². The highest BCUT2D eigenvalue weighted by atomic mass is 19.4. The lowest BCUT2D eigenvalue weighted by Gasteiger charge is -2.10. The zero-order chi connectivity index (χ0) is 12.2. The van der Waals surface area contributed by atoms with E-state index in [-0.39, 0.29) is 6.54 Å². The van der Waals surface area contributed by atoms with E-state index < -0.39 is 17.8 Å². The second-order valence-electron chi connectivity index (χ2n) is 3.41. The number of aromatic nitrogens is 2. The third kappa shape index (κ3) is 3.82. The molecule has 0 radical (unpaired) electrons. The van der Waals surface area contributed by atoms with Crippen LogP contribution in [0.15, 0.2) is 12.4 Å². The van der Waals surface area contributed by atoms with Crippen molar-refractivity contribution in [3.63, 3.8) is 0 Å². The molecule has 1 atom stereocenters. The summed E-state index contributed by atoms with van der Waals surface area (Å²) < 4.78 is 37.7. The van der Waals surface area contributed by atoms with Crippen molar-refractivity contribution in [3.05, 3.63) is 18.0 Å². The van der Waals surface area contributed by atoms with Gasteiger partial charge in [-0.3, -0.25) is 4.68 Å². The van der Waals surface area contributed by atoms with Crippen molar-refractivity contribution in [1.82, 2.24) is 15.1 Å². The van der Waals surface area contributed by atoms with Crippen LogP contribution >= 0.6 is 0 Å². The fraction of sp³-hybridized carbons (Fsp3) is 0.667. The Morgan fingerprint density at radius 2 is 2.25 bits per heavy atom. The number of rotatable bonds is 5. The Labute approximate surface area is 91.1 Å². The number of nitrogens with one attached hydrogen (secondary N) is 1. The molecule has 16 heavy (non-hydrogen) atoms. The number of likely N-dealkylation sites (N-methyl/N-ethyl adjacent to an activating group) is 1. The predicted octanol–water partition coefficient (Wildman–Crippen LogP) is 0.872. The molecule has 1 rings (SSSR count). The highest BCUT2D eigenvalue weighted by molar-refractivity contribution is 5.08. The number of aliphatic hydroxyl groups excluding tert-OH is 1. The first kappa shape index (κ1) is 13.0. The minimum absolute atomic E-state index is 0.0447. The van der Waals surface area contributed by atoms with E-state index >= 15 is 0 Å². The summed E-state index contributed by atoms with van der Waals surface area (Å²) in [5.74, 6) is 0. The zero-order valence-electron chi connectivity index (χ0n) is 8.83. The maximum absolute atomic E-state index is 12.2. The molecule has 0 saturated heterocycles. The van der Waals surface area contributed by atoms with Gasteiger partial charge in [-0.15, -0.1) is 0 Å². The summed E-state index contributed by atoms with van der Waals surface area (Å²) in [6, 6.07) is 0. The van der Waals surface area contributed by atoms with Gasteiger partial charge in [-0.05, 0) is 6.54 Å². The number of hydrogen-bond donors (Lipinski definition) is 2. The molecule has 7 heteroatoms. The standard InChI is InChI=1S/C9H14F3N3O/c1-2-13-4-8(16)6-15-5-7(3-14-15)9(10,11)12/h3,5,8,13,16H,2,4,6H2,1H3. The molecule has 0 spiro atoms. The van der Waals surface area contributed by atoms with Gasteiger partial charge in [-0.2, -0.15) is 18.3 Å². The first-order valence-electron chi connectivity index (χ1n) is 4.92. The van der Waals surface area contributed by atoms with Crippen LogP contribution in [0.3, 0.4) is 0 Å². The van der Waals surface area contributed by atoms with Gasteiger partial charge in [-0.25, -0.2) is 0 Å². The molecule has 1 aromatic heterocycles. The van der Waals surface area contributed by atoms with Crippen molar-refractivity contribution in [2.75, 3.05) is 13.1 Å². The van der Waals surface area contributed by atoms with Crippen LogP contribution in [0.4, 0.5) is 13.2 Å². The first-order valence-corrected chi connectivity index (χ1v) is 4.92. The van der Waals surface area contributed by atoms with Gasteiger partial charge in [0.25, 0.3) is 0 Å². The number of hydrogen-bond acceptors (Lipinski definition) is 3. The molecule has 0 aliphatic carbocycles. The van der Waals surface area contributed by atoms with Crippen molar-refractivity contribution in [1.29, 1.82) is 0 Å². The first-order chi connectivity index (χ1) is 7.43. The number of nitrogens with zero attached hydrogens (tertiary/aromatic N) is 2. The van der Waals surface area contributed by atoms with E-state index in [1.807, 2.05) is 6.92 Å². The molecule has 4 nitrogen and oxygen atoms in total. The Balaban J connectivity index is 2.52. The monoisotopic (exact) mass is 237 g/mol. The van der Waals surface area contributed by atoms with Gasteiger partial charge in [0.15, 0.2) is 0 Å². The Bertz CT molecular complexity index is 324. The van der Waals surface area contributed by atoms with E-state index in [0.717, 1.165) is 17.1 Å². The summed E-state index contributed by atoms with van der Waals surface area (Å²) >= 11 is 0. The van der Waals surface area contributed by atoms with Crippen LogP contribution in [0.2, 0.25) is 0 Å². The van der Waals surface area contributed by atoms with E-state index in [4.69, 9.17) is 0 Å². The molecule has 1 unspecified atom stereocenters. The second-order valence-corrected chi connectivity index (χ2v) is 3.41. The van der Waals surface area contributed by atoms with Crippen LogP contribution in [0.5, 0.6) is 0 Å². The minimum atomic E-state index is -4.38. The number of alkyl halides is 3. The molecule has 0 bridgehead atoms. The third-order valence-electron chi connectivity index (χ3n) is 1.99. The van der Waals surface area contributed by atoms with E-state index in [9.17, 15) is 18.3 Å². The Kier molecular flexibility index (Phi) is 4.31. The molecular formula is C9H14F3N3O. The van der Waals surface area contributed by atoms with Crippen molar-refractivity contribution >= 4 is 0 Å². The SMILES string of the molecule is CCNCC(O)Cn1cc(C(F)(F)F)cn1. The largest absolute Gasteiger partial charge is 0.419 e. The summed E-state index contributed by atoms with van der Waals surface area (Å²) in [4.78, 5) is 0. The molecule has 0 aromatic carbocycles. The fourth-order valence-corrected chi connectivity index (χ4v) is 1.20. The lowest BCUT2D eigenvalue weighted by Crippen LogP contribution is -2.30. The van der Waals surface area contributed by atoms with Crippen LogP contribution in [-0.2, 0) is 12.7 Å². The van der Waals surface area contributed by atoms with Crippen molar-refractivity contribution in [2.24, 2.45) is 0 Å². The number of aliphatic hydroxyl groups is 1. The van der Waals surface area contributed by atoms with E-state index in [1.165, 1.54) is 0 Å². The third-order valence-corrected chi connectivity index (χ3v) is 1.99. The Morgan fingerprint density at radius 3 is 2.75 bits per heavy atom. The van der Waals surface area contributed by atoms with Gasteiger partial charge in [0.2, 0.25) is 0 Å². The average molecular weight is 237 g/mol. The van der Waals surface area contributed by atoms with Gasteiger partial charge >= 0.3 is 6.18 Å². The summed E-state index contributed by atoms with van der Waals surface area (Å²) in [6.45, 7) is 2.95.